The Kier molecular flexibility index (Phi) is 5.93. The Morgan fingerprint density at radius 1 is 1.15 bits per heavy atom. The largest absolute Gasteiger partial charge is 0.462 e. The first-order valence-electron chi connectivity index (χ1n) is 10.1. The second kappa shape index (κ2) is 8.83. The standard InChI is InChI=1S/C23H21N5O4S/c1-4-32-23(31)17-13(3)18(19(24)29)33-22(17)27-21(30)15-11-26-28-16(9-10-25-20(15)28)14-7-5-12(2)6-8-14/h5-11H,4H2,1-3H3,(H2,24,29)(H,27,30). The van der Waals surface area contributed by atoms with Gasteiger partial charge in [0.15, 0.2) is 5.65 Å². The fourth-order valence-corrected chi connectivity index (χ4v) is 4.49. The highest BCUT2D eigenvalue weighted by molar-refractivity contribution is 7.18. The van der Waals surface area contributed by atoms with Gasteiger partial charge in [0, 0.05) is 11.8 Å². The van der Waals surface area contributed by atoms with Crippen molar-refractivity contribution < 1.29 is 19.1 Å². The van der Waals surface area contributed by atoms with Crippen molar-refractivity contribution in [1.82, 2.24) is 14.6 Å². The van der Waals surface area contributed by atoms with Crippen LogP contribution in [0.3, 0.4) is 0 Å². The summed E-state index contributed by atoms with van der Waals surface area (Å²) < 4.78 is 6.68. The van der Waals surface area contributed by atoms with Crippen LogP contribution >= 0.6 is 11.3 Å². The molecule has 0 aliphatic heterocycles. The number of esters is 1. The lowest BCUT2D eigenvalue weighted by atomic mass is 10.1. The fraction of sp³-hybridized carbons (Fsp3) is 0.174. The first-order valence-corrected chi connectivity index (χ1v) is 10.9. The third-order valence-corrected chi connectivity index (χ3v) is 6.29. The third kappa shape index (κ3) is 4.08. The van der Waals surface area contributed by atoms with Gasteiger partial charge in [0.1, 0.15) is 10.6 Å². The summed E-state index contributed by atoms with van der Waals surface area (Å²) in [6, 6.07) is 9.73. The fourth-order valence-electron chi connectivity index (χ4n) is 3.45. The minimum atomic E-state index is -0.691. The maximum absolute atomic E-state index is 13.1. The van der Waals surface area contributed by atoms with E-state index in [1.807, 2.05) is 37.3 Å². The first-order chi connectivity index (χ1) is 15.8. The van der Waals surface area contributed by atoms with Crippen molar-refractivity contribution >= 4 is 39.8 Å². The number of carbonyl (C=O) groups excluding carboxylic acids is 3. The van der Waals surface area contributed by atoms with E-state index in [1.165, 1.54) is 6.20 Å². The number of benzene rings is 1. The van der Waals surface area contributed by atoms with Gasteiger partial charge >= 0.3 is 5.97 Å². The van der Waals surface area contributed by atoms with Crippen molar-refractivity contribution in [3.05, 3.63) is 69.9 Å². The molecule has 33 heavy (non-hydrogen) atoms. The molecule has 2 amide bonds. The quantitative estimate of drug-likeness (QED) is 0.420. The predicted molar refractivity (Wildman–Crippen MR) is 125 cm³/mol. The number of hydrogen-bond donors (Lipinski definition) is 2. The molecule has 0 fully saturated rings. The molecule has 0 radical (unpaired) electrons. The lowest BCUT2D eigenvalue weighted by Gasteiger charge is -2.07. The summed E-state index contributed by atoms with van der Waals surface area (Å²) in [5.41, 5.74) is 9.29. The molecule has 0 saturated heterocycles. The Morgan fingerprint density at radius 2 is 1.88 bits per heavy atom. The smallest absolute Gasteiger partial charge is 0.341 e. The second-order valence-electron chi connectivity index (χ2n) is 7.29. The van der Waals surface area contributed by atoms with Crippen molar-refractivity contribution in [3.8, 4) is 11.3 Å². The monoisotopic (exact) mass is 463 g/mol. The zero-order chi connectivity index (χ0) is 23.7. The highest BCUT2D eigenvalue weighted by atomic mass is 32.1. The number of thiophene rings is 1. The summed E-state index contributed by atoms with van der Waals surface area (Å²) in [5, 5.41) is 7.23. The van der Waals surface area contributed by atoms with Crippen LogP contribution in [0.25, 0.3) is 16.9 Å². The molecular weight excluding hydrogens is 442 g/mol. The minimum Gasteiger partial charge on any atom is -0.462 e. The Bertz CT molecular complexity index is 1390. The maximum atomic E-state index is 13.1. The van der Waals surface area contributed by atoms with Crippen molar-refractivity contribution in [2.45, 2.75) is 20.8 Å². The summed E-state index contributed by atoms with van der Waals surface area (Å²) in [7, 11) is 0. The van der Waals surface area contributed by atoms with E-state index in [1.54, 1.807) is 24.6 Å². The average Bonchev–Trinajstić information content (AvgIpc) is 3.35. The van der Waals surface area contributed by atoms with Crippen LogP contribution in [0.5, 0.6) is 0 Å². The highest BCUT2D eigenvalue weighted by Crippen LogP contribution is 2.34. The van der Waals surface area contributed by atoms with E-state index in [2.05, 4.69) is 15.4 Å². The van der Waals surface area contributed by atoms with Crippen LogP contribution in [0, 0.1) is 13.8 Å². The van der Waals surface area contributed by atoms with Crippen molar-refractivity contribution in [2.24, 2.45) is 5.73 Å². The molecule has 10 heteroatoms. The summed E-state index contributed by atoms with van der Waals surface area (Å²) in [6.45, 7) is 5.41. The molecule has 0 aliphatic carbocycles. The van der Waals surface area contributed by atoms with Crippen LogP contribution in [0.2, 0.25) is 0 Å². The zero-order valence-corrected chi connectivity index (χ0v) is 19.0. The molecule has 9 nitrogen and oxygen atoms in total. The number of anilines is 1. The molecular formula is C23H21N5O4S. The van der Waals surface area contributed by atoms with Crippen LogP contribution in [0.4, 0.5) is 5.00 Å². The molecule has 0 atom stereocenters. The molecule has 3 N–H and O–H groups in total. The van der Waals surface area contributed by atoms with Gasteiger partial charge < -0.3 is 15.8 Å². The van der Waals surface area contributed by atoms with Crippen molar-refractivity contribution in [3.63, 3.8) is 0 Å². The number of amides is 2. The van der Waals surface area contributed by atoms with Gasteiger partial charge in [-0.3, -0.25) is 9.59 Å². The minimum absolute atomic E-state index is 0.105. The number of nitrogens with two attached hydrogens (primary N) is 1. The van der Waals surface area contributed by atoms with Crippen LogP contribution in [-0.4, -0.2) is 39.0 Å². The van der Waals surface area contributed by atoms with E-state index >= 15 is 0 Å². The van der Waals surface area contributed by atoms with Gasteiger partial charge in [-0.15, -0.1) is 11.3 Å². The number of carbonyl (C=O) groups is 3. The molecule has 0 bridgehead atoms. The van der Waals surface area contributed by atoms with E-state index in [0.29, 0.717) is 11.2 Å². The van der Waals surface area contributed by atoms with E-state index in [4.69, 9.17) is 10.5 Å². The van der Waals surface area contributed by atoms with Gasteiger partial charge in [0.25, 0.3) is 11.8 Å². The summed E-state index contributed by atoms with van der Waals surface area (Å²) in [4.78, 5) is 41.9. The van der Waals surface area contributed by atoms with Gasteiger partial charge in [0.05, 0.1) is 28.9 Å². The summed E-state index contributed by atoms with van der Waals surface area (Å²) in [5.74, 6) is -1.86. The van der Waals surface area contributed by atoms with E-state index in [9.17, 15) is 14.4 Å². The number of aromatic nitrogens is 3. The topological polar surface area (TPSA) is 129 Å². The Morgan fingerprint density at radius 3 is 2.55 bits per heavy atom. The van der Waals surface area contributed by atoms with Gasteiger partial charge in [-0.2, -0.15) is 5.10 Å². The molecule has 0 spiro atoms. The van der Waals surface area contributed by atoms with Gasteiger partial charge in [-0.05, 0) is 32.4 Å². The number of rotatable bonds is 6. The van der Waals surface area contributed by atoms with Crippen molar-refractivity contribution in [1.29, 1.82) is 0 Å². The molecule has 4 aromatic rings. The molecule has 4 rings (SSSR count). The second-order valence-corrected chi connectivity index (χ2v) is 8.31. The molecule has 3 aromatic heterocycles. The number of nitrogens with zero attached hydrogens (tertiary/aromatic N) is 3. The van der Waals surface area contributed by atoms with Crippen LogP contribution in [0.1, 0.15) is 48.4 Å². The lowest BCUT2D eigenvalue weighted by molar-refractivity contribution is 0.0527. The average molecular weight is 464 g/mol. The van der Waals surface area contributed by atoms with E-state index in [0.717, 1.165) is 28.2 Å². The summed E-state index contributed by atoms with van der Waals surface area (Å²) >= 11 is 0.926. The van der Waals surface area contributed by atoms with Crippen molar-refractivity contribution in [2.75, 3.05) is 11.9 Å². The summed E-state index contributed by atoms with van der Waals surface area (Å²) in [6.07, 6.45) is 3.02. The Hall–Kier alpha value is -4.05. The van der Waals surface area contributed by atoms with E-state index < -0.39 is 17.8 Å². The third-order valence-electron chi connectivity index (χ3n) is 5.07. The number of nitrogens with one attached hydrogen (secondary N) is 1. The Labute approximate surface area is 193 Å². The molecule has 0 aliphatic rings. The SMILES string of the molecule is CCOC(=O)c1c(NC(=O)c2cnn3c(-c4ccc(C)cc4)ccnc23)sc(C(N)=O)c1C. The first kappa shape index (κ1) is 22.2. The molecule has 1 aromatic carbocycles. The number of aryl methyl sites for hydroxylation is 1. The van der Waals surface area contributed by atoms with Gasteiger partial charge in [-0.25, -0.2) is 14.3 Å². The maximum Gasteiger partial charge on any atom is 0.341 e. The molecule has 168 valence electrons. The normalized spacial score (nSPS) is 10.9. The highest BCUT2D eigenvalue weighted by Gasteiger charge is 2.27. The van der Waals surface area contributed by atoms with Crippen LogP contribution in [-0.2, 0) is 4.74 Å². The molecule has 0 unspecified atom stereocenters. The van der Waals surface area contributed by atoms with Gasteiger partial charge in [0.2, 0.25) is 0 Å². The molecule has 3 heterocycles. The van der Waals surface area contributed by atoms with E-state index in [-0.39, 0.29) is 27.6 Å². The lowest BCUT2D eigenvalue weighted by Crippen LogP contribution is -2.15. The zero-order valence-electron chi connectivity index (χ0n) is 18.2. The van der Waals surface area contributed by atoms with Crippen LogP contribution < -0.4 is 11.1 Å². The molecule has 0 saturated carbocycles. The van der Waals surface area contributed by atoms with Crippen LogP contribution in [0.15, 0.2) is 42.7 Å². The number of primary amides is 1. The Balaban J connectivity index is 1.73. The number of fused-ring (bicyclic) bond motifs is 1. The van der Waals surface area contributed by atoms with Gasteiger partial charge in [-0.1, -0.05) is 29.8 Å². The number of ether oxygens (including phenoxy) is 1. The predicted octanol–water partition coefficient (Wildman–Crippen LogP) is 3.60. The number of hydrogen-bond acceptors (Lipinski definition) is 7.